The summed E-state index contributed by atoms with van der Waals surface area (Å²) in [6.07, 6.45) is 0.507. The average Bonchev–Trinajstić information content (AvgIpc) is 2.81. The molecule has 1 aliphatic heterocycles. The lowest BCUT2D eigenvalue weighted by Crippen LogP contribution is -2.30. The molecule has 0 spiro atoms. The Bertz CT molecular complexity index is 459. The Hall–Kier alpha value is -1.06. The fourth-order valence-corrected chi connectivity index (χ4v) is 2.45. The SMILES string of the molecule is Cc1ccc(C(=O)N2CCC(C(C)O)C2)cc1Cl. The van der Waals surface area contributed by atoms with Gasteiger partial charge in [0.15, 0.2) is 0 Å². The molecule has 1 amide bonds. The van der Waals surface area contributed by atoms with E-state index < -0.39 is 0 Å². The maximum atomic E-state index is 12.3. The molecule has 0 aliphatic carbocycles. The zero-order valence-corrected chi connectivity index (χ0v) is 11.4. The number of hydrogen-bond acceptors (Lipinski definition) is 2. The highest BCUT2D eigenvalue weighted by molar-refractivity contribution is 6.31. The zero-order chi connectivity index (χ0) is 13.3. The number of carbonyl (C=O) groups is 1. The van der Waals surface area contributed by atoms with Crippen molar-refractivity contribution in [2.75, 3.05) is 13.1 Å². The van der Waals surface area contributed by atoms with E-state index in [1.807, 2.05) is 13.0 Å². The van der Waals surface area contributed by atoms with Crippen LogP contribution in [0.25, 0.3) is 0 Å². The third-order valence-electron chi connectivity index (χ3n) is 3.61. The van der Waals surface area contributed by atoms with Crippen LogP contribution in [0.1, 0.15) is 29.3 Å². The molecule has 0 bridgehead atoms. The van der Waals surface area contributed by atoms with Crippen molar-refractivity contribution < 1.29 is 9.90 Å². The van der Waals surface area contributed by atoms with Crippen LogP contribution in [0.15, 0.2) is 18.2 Å². The second-order valence-corrected chi connectivity index (χ2v) is 5.41. The molecule has 98 valence electrons. The molecule has 2 atom stereocenters. The lowest BCUT2D eigenvalue weighted by atomic mass is 10.0. The first kappa shape index (κ1) is 13.4. The van der Waals surface area contributed by atoms with E-state index in [9.17, 15) is 9.90 Å². The van der Waals surface area contributed by atoms with E-state index in [1.54, 1.807) is 24.0 Å². The largest absolute Gasteiger partial charge is 0.393 e. The summed E-state index contributed by atoms with van der Waals surface area (Å²) in [4.78, 5) is 14.1. The molecule has 0 aromatic heterocycles. The number of carbonyl (C=O) groups excluding carboxylic acids is 1. The van der Waals surface area contributed by atoms with Crippen molar-refractivity contribution in [2.24, 2.45) is 5.92 Å². The van der Waals surface area contributed by atoms with Crippen molar-refractivity contribution in [1.82, 2.24) is 4.90 Å². The second-order valence-electron chi connectivity index (χ2n) is 5.00. The maximum Gasteiger partial charge on any atom is 0.253 e. The van der Waals surface area contributed by atoms with Gasteiger partial charge < -0.3 is 10.0 Å². The van der Waals surface area contributed by atoms with E-state index in [-0.39, 0.29) is 17.9 Å². The van der Waals surface area contributed by atoms with Crippen molar-refractivity contribution in [3.63, 3.8) is 0 Å². The first-order valence-corrected chi connectivity index (χ1v) is 6.60. The van der Waals surface area contributed by atoms with Crippen molar-refractivity contribution in [3.8, 4) is 0 Å². The van der Waals surface area contributed by atoms with Gasteiger partial charge in [0.2, 0.25) is 0 Å². The average molecular weight is 268 g/mol. The number of benzene rings is 1. The van der Waals surface area contributed by atoms with Gasteiger partial charge in [-0.25, -0.2) is 0 Å². The van der Waals surface area contributed by atoms with E-state index in [0.29, 0.717) is 23.7 Å². The van der Waals surface area contributed by atoms with Crippen molar-refractivity contribution in [1.29, 1.82) is 0 Å². The van der Waals surface area contributed by atoms with E-state index >= 15 is 0 Å². The molecule has 2 rings (SSSR count). The van der Waals surface area contributed by atoms with Crippen LogP contribution in [-0.4, -0.2) is 35.1 Å². The molecule has 1 heterocycles. The molecular weight excluding hydrogens is 250 g/mol. The predicted octanol–water partition coefficient (Wildman–Crippen LogP) is 2.49. The quantitative estimate of drug-likeness (QED) is 0.894. The molecule has 4 heteroatoms. The first-order chi connectivity index (χ1) is 8.49. The Balaban J connectivity index is 2.10. The number of nitrogens with zero attached hydrogens (tertiary/aromatic N) is 1. The summed E-state index contributed by atoms with van der Waals surface area (Å²) in [5, 5.41) is 10.2. The van der Waals surface area contributed by atoms with Gasteiger partial charge >= 0.3 is 0 Å². The summed E-state index contributed by atoms with van der Waals surface area (Å²) in [6, 6.07) is 5.38. The predicted molar refractivity (Wildman–Crippen MR) is 71.9 cm³/mol. The van der Waals surface area contributed by atoms with Crippen LogP contribution >= 0.6 is 11.6 Å². The third kappa shape index (κ3) is 2.68. The molecule has 1 fully saturated rings. The maximum absolute atomic E-state index is 12.3. The van der Waals surface area contributed by atoms with Crippen molar-refractivity contribution >= 4 is 17.5 Å². The molecule has 3 nitrogen and oxygen atoms in total. The number of aryl methyl sites for hydroxylation is 1. The number of aliphatic hydroxyl groups excluding tert-OH is 1. The van der Waals surface area contributed by atoms with Crippen LogP contribution in [0.3, 0.4) is 0 Å². The molecular formula is C14H18ClNO2. The minimum absolute atomic E-state index is 0.0000463. The highest BCUT2D eigenvalue weighted by Gasteiger charge is 2.29. The fourth-order valence-electron chi connectivity index (χ4n) is 2.27. The van der Waals surface area contributed by atoms with Gasteiger partial charge in [-0.05, 0) is 38.0 Å². The highest BCUT2D eigenvalue weighted by Crippen LogP contribution is 2.23. The molecule has 1 aliphatic rings. The van der Waals surface area contributed by atoms with Gasteiger partial charge in [0.1, 0.15) is 0 Å². The van der Waals surface area contributed by atoms with Gasteiger partial charge in [-0.2, -0.15) is 0 Å². The standard InChI is InChI=1S/C14H18ClNO2/c1-9-3-4-11(7-13(9)15)14(18)16-6-5-12(8-16)10(2)17/h3-4,7,10,12,17H,5-6,8H2,1-2H3. The van der Waals surface area contributed by atoms with E-state index in [0.717, 1.165) is 12.0 Å². The number of hydrogen-bond donors (Lipinski definition) is 1. The lowest BCUT2D eigenvalue weighted by Gasteiger charge is -2.18. The van der Waals surface area contributed by atoms with Gasteiger partial charge in [-0.1, -0.05) is 17.7 Å². The summed E-state index contributed by atoms with van der Waals surface area (Å²) in [6.45, 7) is 5.03. The fraction of sp³-hybridized carbons (Fsp3) is 0.500. The first-order valence-electron chi connectivity index (χ1n) is 6.22. The van der Waals surface area contributed by atoms with Gasteiger partial charge in [-0.3, -0.25) is 4.79 Å². The Morgan fingerprint density at radius 2 is 2.28 bits per heavy atom. The Kier molecular flexibility index (Phi) is 3.93. The second kappa shape index (κ2) is 5.29. The summed E-state index contributed by atoms with van der Waals surface area (Å²) < 4.78 is 0. The van der Waals surface area contributed by atoms with Crippen molar-refractivity contribution in [3.05, 3.63) is 34.3 Å². The monoisotopic (exact) mass is 267 g/mol. The molecule has 2 unspecified atom stereocenters. The number of aliphatic hydroxyl groups is 1. The van der Waals surface area contributed by atoms with Crippen LogP contribution in [0.2, 0.25) is 5.02 Å². The van der Waals surface area contributed by atoms with Crippen LogP contribution < -0.4 is 0 Å². The number of likely N-dealkylation sites (tertiary alicyclic amines) is 1. The van der Waals surface area contributed by atoms with Crippen LogP contribution in [-0.2, 0) is 0 Å². The van der Waals surface area contributed by atoms with Gasteiger partial charge in [-0.15, -0.1) is 0 Å². The van der Waals surface area contributed by atoms with Crippen LogP contribution in [0.4, 0.5) is 0 Å². The number of amides is 1. The topological polar surface area (TPSA) is 40.5 Å². The van der Waals surface area contributed by atoms with Gasteiger partial charge in [0.05, 0.1) is 6.10 Å². The summed E-state index contributed by atoms with van der Waals surface area (Å²) in [5.41, 5.74) is 1.59. The summed E-state index contributed by atoms with van der Waals surface area (Å²) in [5.74, 6) is 0.190. The molecule has 1 saturated heterocycles. The van der Waals surface area contributed by atoms with Gasteiger partial charge in [0, 0.05) is 29.6 Å². The molecule has 1 aromatic carbocycles. The molecule has 0 radical (unpaired) electrons. The number of halogens is 1. The molecule has 18 heavy (non-hydrogen) atoms. The van der Waals surface area contributed by atoms with E-state index in [1.165, 1.54) is 0 Å². The van der Waals surface area contributed by atoms with E-state index in [4.69, 9.17) is 11.6 Å². The summed E-state index contributed by atoms with van der Waals surface area (Å²) in [7, 11) is 0. The smallest absolute Gasteiger partial charge is 0.253 e. The molecule has 1 aromatic rings. The lowest BCUT2D eigenvalue weighted by molar-refractivity contribution is 0.0762. The third-order valence-corrected chi connectivity index (χ3v) is 4.02. The normalized spacial score (nSPS) is 21.1. The number of rotatable bonds is 2. The van der Waals surface area contributed by atoms with Crippen LogP contribution in [0.5, 0.6) is 0 Å². The zero-order valence-electron chi connectivity index (χ0n) is 10.7. The minimum atomic E-state index is -0.357. The molecule has 1 N–H and O–H groups in total. The Morgan fingerprint density at radius 1 is 1.56 bits per heavy atom. The minimum Gasteiger partial charge on any atom is -0.393 e. The highest BCUT2D eigenvalue weighted by atomic mass is 35.5. The van der Waals surface area contributed by atoms with Crippen molar-refractivity contribution in [2.45, 2.75) is 26.4 Å². The van der Waals surface area contributed by atoms with E-state index in [2.05, 4.69) is 0 Å². The van der Waals surface area contributed by atoms with Crippen LogP contribution in [0, 0.1) is 12.8 Å². The summed E-state index contributed by atoms with van der Waals surface area (Å²) >= 11 is 6.03. The Labute approximate surface area is 112 Å². The molecule has 0 saturated carbocycles. The Morgan fingerprint density at radius 3 is 2.83 bits per heavy atom. The van der Waals surface area contributed by atoms with Gasteiger partial charge in [0.25, 0.3) is 5.91 Å².